The Hall–Kier alpha value is -0.680. The second kappa shape index (κ2) is 2.92. The predicted molar refractivity (Wildman–Crippen MR) is 49.8 cm³/mol. The van der Waals surface area contributed by atoms with Crippen molar-refractivity contribution in [3.63, 3.8) is 0 Å². The molecule has 0 spiro atoms. The van der Waals surface area contributed by atoms with E-state index in [0.717, 1.165) is 11.6 Å². The van der Waals surface area contributed by atoms with Gasteiger partial charge in [-0.3, -0.25) is 0 Å². The van der Waals surface area contributed by atoms with E-state index in [1.807, 2.05) is 0 Å². The summed E-state index contributed by atoms with van der Waals surface area (Å²) in [5.41, 5.74) is 0. The molecule has 0 aliphatic carbocycles. The monoisotopic (exact) mass is 197 g/mol. The molecule has 13 heavy (non-hydrogen) atoms. The number of nitrogens with zero attached hydrogens (tertiary/aromatic N) is 2. The molecule has 0 radical (unpaired) electrons. The van der Waals surface area contributed by atoms with Gasteiger partial charge in [-0.2, -0.15) is 4.37 Å². The quantitative estimate of drug-likeness (QED) is 0.775. The number of anilines is 1. The first-order valence-electron chi connectivity index (χ1n) is 4.60. The molecule has 0 amide bonds. The van der Waals surface area contributed by atoms with E-state index in [9.17, 15) is 0 Å². The average Bonchev–Trinajstić information content (AvgIpc) is 2.77. The first-order valence-corrected chi connectivity index (χ1v) is 5.38. The fourth-order valence-corrected chi connectivity index (χ4v) is 2.68. The highest BCUT2D eigenvalue weighted by atomic mass is 32.1. The Morgan fingerprint density at radius 1 is 1.54 bits per heavy atom. The van der Waals surface area contributed by atoms with Crippen LogP contribution in [0.5, 0.6) is 0 Å². The van der Waals surface area contributed by atoms with Gasteiger partial charge in [-0.05, 0) is 19.3 Å². The van der Waals surface area contributed by atoms with Crippen LogP contribution in [0, 0.1) is 0 Å². The summed E-state index contributed by atoms with van der Waals surface area (Å²) in [4.78, 5) is 4.10. The van der Waals surface area contributed by atoms with Crippen molar-refractivity contribution in [2.75, 3.05) is 5.32 Å². The van der Waals surface area contributed by atoms with Gasteiger partial charge < -0.3 is 10.1 Å². The maximum atomic E-state index is 5.73. The van der Waals surface area contributed by atoms with E-state index in [-0.39, 0.29) is 0 Å². The molecule has 1 N–H and O–H groups in total. The van der Waals surface area contributed by atoms with Gasteiger partial charge in [-0.25, -0.2) is 4.98 Å². The minimum Gasteiger partial charge on any atom is -0.373 e. The van der Waals surface area contributed by atoms with Gasteiger partial charge in [0.25, 0.3) is 0 Å². The van der Waals surface area contributed by atoms with Crippen molar-refractivity contribution in [2.45, 2.75) is 37.5 Å². The Bertz CT molecular complexity index is 290. The fraction of sp³-hybridized carbons (Fsp3) is 0.750. The fourth-order valence-electron chi connectivity index (χ4n) is 2.19. The Morgan fingerprint density at radius 3 is 3.15 bits per heavy atom. The summed E-state index contributed by atoms with van der Waals surface area (Å²) in [7, 11) is 0. The number of ether oxygens (including phenoxy) is 1. The van der Waals surface area contributed by atoms with Crippen LogP contribution < -0.4 is 5.32 Å². The number of hydrogen-bond donors (Lipinski definition) is 1. The van der Waals surface area contributed by atoms with Crippen LogP contribution in [0.25, 0.3) is 0 Å². The summed E-state index contributed by atoms with van der Waals surface area (Å²) in [5.74, 6) is 0. The molecular formula is C8H11N3OS. The minimum atomic E-state index is 0.411. The predicted octanol–water partition coefficient (Wildman–Crippen LogP) is 1.27. The molecule has 5 heteroatoms. The maximum Gasteiger partial charge on any atom is 0.202 e. The Morgan fingerprint density at radius 2 is 2.54 bits per heavy atom. The van der Waals surface area contributed by atoms with Gasteiger partial charge in [-0.15, -0.1) is 0 Å². The van der Waals surface area contributed by atoms with E-state index < -0.39 is 0 Å². The SMILES string of the molecule is c1nsc(N[C@@H]2C[C@H]3CC[C@@H]2O3)n1. The first kappa shape index (κ1) is 7.70. The lowest BCUT2D eigenvalue weighted by Crippen LogP contribution is -2.30. The second-order valence-corrected chi connectivity index (χ2v) is 4.39. The topological polar surface area (TPSA) is 47.0 Å². The standard InChI is InChI=1S/C8H11N3OS/c1-2-7-6(3-5(1)12-7)11-8-9-4-10-13-8/h4-7H,1-3H2,(H,9,10,11)/t5-,6-,7+/m1/s1. The van der Waals surface area contributed by atoms with Gasteiger partial charge in [0.15, 0.2) is 0 Å². The van der Waals surface area contributed by atoms with Crippen LogP contribution in [0.3, 0.4) is 0 Å². The van der Waals surface area contributed by atoms with Crippen molar-refractivity contribution in [2.24, 2.45) is 0 Å². The van der Waals surface area contributed by atoms with E-state index >= 15 is 0 Å². The molecule has 2 fully saturated rings. The lowest BCUT2D eigenvalue weighted by molar-refractivity contribution is 0.102. The molecule has 4 nitrogen and oxygen atoms in total. The Balaban J connectivity index is 1.68. The van der Waals surface area contributed by atoms with E-state index in [0.29, 0.717) is 18.2 Å². The molecule has 3 atom stereocenters. The normalized spacial score (nSPS) is 36.8. The highest BCUT2D eigenvalue weighted by Gasteiger charge is 2.40. The van der Waals surface area contributed by atoms with Crippen molar-refractivity contribution < 1.29 is 4.74 Å². The van der Waals surface area contributed by atoms with Gasteiger partial charge >= 0.3 is 0 Å². The highest BCUT2D eigenvalue weighted by molar-refractivity contribution is 7.09. The zero-order chi connectivity index (χ0) is 8.67. The molecule has 2 aliphatic rings. The van der Waals surface area contributed by atoms with Crippen molar-refractivity contribution in [3.8, 4) is 0 Å². The first-order chi connectivity index (χ1) is 6.42. The number of aromatic nitrogens is 2. The summed E-state index contributed by atoms with van der Waals surface area (Å²) >= 11 is 1.41. The summed E-state index contributed by atoms with van der Waals surface area (Å²) < 4.78 is 9.68. The summed E-state index contributed by atoms with van der Waals surface area (Å²) in [6.07, 6.45) is 6.05. The third kappa shape index (κ3) is 1.32. The molecule has 2 saturated heterocycles. The third-order valence-electron chi connectivity index (χ3n) is 2.78. The van der Waals surface area contributed by atoms with Crippen molar-refractivity contribution in [3.05, 3.63) is 6.33 Å². The van der Waals surface area contributed by atoms with Crippen LogP contribution in [-0.2, 0) is 4.74 Å². The van der Waals surface area contributed by atoms with Crippen LogP contribution in [0.4, 0.5) is 5.13 Å². The van der Waals surface area contributed by atoms with E-state index in [4.69, 9.17) is 4.74 Å². The van der Waals surface area contributed by atoms with Crippen molar-refractivity contribution in [1.29, 1.82) is 0 Å². The van der Waals surface area contributed by atoms with Crippen LogP contribution >= 0.6 is 11.5 Å². The van der Waals surface area contributed by atoms with Crippen LogP contribution in [0.15, 0.2) is 6.33 Å². The number of rotatable bonds is 2. The van der Waals surface area contributed by atoms with Crippen molar-refractivity contribution in [1.82, 2.24) is 9.36 Å². The minimum absolute atomic E-state index is 0.411. The molecule has 1 aromatic heterocycles. The van der Waals surface area contributed by atoms with Crippen LogP contribution in [-0.4, -0.2) is 27.6 Å². The smallest absolute Gasteiger partial charge is 0.202 e. The van der Waals surface area contributed by atoms with Gasteiger partial charge in [0.2, 0.25) is 5.13 Å². The molecule has 0 unspecified atom stereocenters. The van der Waals surface area contributed by atoms with E-state index in [2.05, 4.69) is 14.7 Å². The molecule has 3 heterocycles. The second-order valence-electron chi connectivity index (χ2n) is 3.61. The largest absolute Gasteiger partial charge is 0.373 e. The highest BCUT2D eigenvalue weighted by Crippen LogP contribution is 2.35. The molecule has 0 aromatic carbocycles. The molecule has 1 aromatic rings. The average molecular weight is 197 g/mol. The third-order valence-corrected chi connectivity index (χ3v) is 3.37. The molecular weight excluding hydrogens is 186 g/mol. The number of nitrogens with one attached hydrogen (secondary N) is 1. The molecule has 0 saturated carbocycles. The Kier molecular flexibility index (Phi) is 1.73. The summed E-state index contributed by atoms with van der Waals surface area (Å²) in [6, 6.07) is 0.465. The van der Waals surface area contributed by atoms with Gasteiger partial charge in [0, 0.05) is 11.5 Å². The zero-order valence-corrected chi connectivity index (χ0v) is 7.96. The van der Waals surface area contributed by atoms with Gasteiger partial charge in [-0.1, -0.05) is 0 Å². The van der Waals surface area contributed by atoms with Crippen LogP contribution in [0.1, 0.15) is 19.3 Å². The van der Waals surface area contributed by atoms with E-state index in [1.54, 1.807) is 6.33 Å². The van der Waals surface area contributed by atoms with E-state index in [1.165, 1.54) is 24.4 Å². The number of fused-ring (bicyclic) bond motifs is 2. The zero-order valence-electron chi connectivity index (χ0n) is 7.14. The molecule has 70 valence electrons. The van der Waals surface area contributed by atoms with Gasteiger partial charge in [0.05, 0.1) is 18.2 Å². The molecule has 2 bridgehead atoms. The summed E-state index contributed by atoms with van der Waals surface area (Å²) in [6.45, 7) is 0. The maximum absolute atomic E-state index is 5.73. The van der Waals surface area contributed by atoms with Crippen LogP contribution in [0.2, 0.25) is 0 Å². The number of hydrogen-bond acceptors (Lipinski definition) is 5. The van der Waals surface area contributed by atoms with Crippen molar-refractivity contribution >= 4 is 16.7 Å². The molecule has 3 rings (SSSR count). The molecule has 2 aliphatic heterocycles. The summed E-state index contributed by atoms with van der Waals surface area (Å²) in [5, 5.41) is 4.29. The Labute approximate surface area is 80.5 Å². The lowest BCUT2D eigenvalue weighted by atomic mass is 9.96. The van der Waals surface area contributed by atoms with Gasteiger partial charge in [0.1, 0.15) is 6.33 Å². The lowest BCUT2D eigenvalue weighted by Gasteiger charge is -2.18.